The monoisotopic (exact) mass is 521 g/mol. The van der Waals surface area contributed by atoms with Crippen LogP contribution in [-0.4, -0.2) is 43.2 Å². The van der Waals surface area contributed by atoms with Crippen molar-refractivity contribution >= 4 is 54.7 Å². The van der Waals surface area contributed by atoms with Crippen molar-refractivity contribution in [2.75, 3.05) is 0 Å². The predicted molar refractivity (Wildman–Crippen MR) is 109 cm³/mol. The van der Waals surface area contributed by atoms with Crippen LogP contribution in [0.2, 0.25) is 0 Å². The number of fused-ring (bicyclic) bond motifs is 3. The summed E-state index contributed by atoms with van der Waals surface area (Å²) in [6, 6.07) is 1.27. The van der Waals surface area contributed by atoms with Crippen molar-refractivity contribution in [3.63, 3.8) is 0 Å². The number of alkyl halides is 3. The van der Waals surface area contributed by atoms with Crippen LogP contribution in [0.25, 0.3) is 22.1 Å². The van der Waals surface area contributed by atoms with Gasteiger partial charge < -0.3 is 9.55 Å². The van der Waals surface area contributed by atoms with Crippen LogP contribution in [0.1, 0.15) is 44.0 Å². The van der Waals surface area contributed by atoms with E-state index in [-0.39, 0.29) is 27.1 Å². The molecule has 0 radical (unpaired) electrons. The van der Waals surface area contributed by atoms with E-state index in [1.165, 1.54) is 6.20 Å². The standard InChI is InChI=1S/C17H18F2IN5O2S/c18-15(19)17-23-12-7-22-16-10(3-4-21-16)14(12)25(17)13-6-8(5-11(13)20)24-28(26,27)9-1-2-9/h3-4,7-9,11,13,15,24H,1-2,5-6H2,(H,21,22)/t8?,11-,13+/m1/s1. The lowest BCUT2D eigenvalue weighted by atomic mass is 10.2. The molecule has 0 spiro atoms. The summed E-state index contributed by atoms with van der Waals surface area (Å²) in [5.74, 6) is -0.289. The van der Waals surface area contributed by atoms with E-state index in [0.29, 0.717) is 42.4 Å². The molecule has 1 unspecified atom stereocenters. The Hall–Kier alpha value is -1.34. The number of aromatic nitrogens is 4. The molecule has 3 aromatic rings. The summed E-state index contributed by atoms with van der Waals surface area (Å²) in [7, 11) is -3.32. The average molecular weight is 521 g/mol. The van der Waals surface area contributed by atoms with E-state index in [0.717, 1.165) is 5.39 Å². The summed E-state index contributed by atoms with van der Waals surface area (Å²) in [5.41, 5.74) is 1.66. The van der Waals surface area contributed by atoms with Gasteiger partial charge in [0.2, 0.25) is 10.0 Å². The van der Waals surface area contributed by atoms with Gasteiger partial charge in [-0.25, -0.2) is 31.9 Å². The summed E-state index contributed by atoms with van der Waals surface area (Å²) < 4.78 is 56.7. The van der Waals surface area contributed by atoms with Gasteiger partial charge in [-0.3, -0.25) is 0 Å². The fourth-order valence-corrected chi connectivity index (χ4v) is 6.97. The third-order valence-electron chi connectivity index (χ3n) is 5.54. The number of nitrogens with one attached hydrogen (secondary N) is 2. The Balaban J connectivity index is 1.58. The minimum absolute atomic E-state index is 0.00144. The van der Waals surface area contributed by atoms with Crippen LogP contribution in [0.15, 0.2) is 18.5 Å². The van der Waals surface area contributed by atoms with Gasteiger partial charge in [0, 0.05) is 27.6 Å². The van der Waals surface area contributed by atoms with Gasteiger partial charge >= 0.3 is 0 Å². The quantitative estimate of drug-likeness (QED) is 0.398. The average Bonchev–Trinajstić information content (AvgIpc) is 3.12. The van der Waals surface area contributed by atoms with Gasteiger partial charge in [0.1, 0.15) is 11.2 Å². The van der Waals surface area contributed by atoms with E-state index in [1.54, 1.807) is 10.8 Å². The van der Waals surface area contributed by atoms with Gasteiger partial charge in [0.25, 0.3) is 6.43 Å². The molecule has 7 nitrogen and oxygen atoms in total. The Bertz CT molecular complexity index is 1160. The second-order valence-corrected chi connectivity index (χ2v) is 11.1. The third-order valence-corrected chi connectivity index (χ3v) is 8.89. The van der Waals surface area contributed by atoms with Crippen molar-refractivity contribution < 1.29 is 17.2 Å². The molecule has 2 N–H and O–H groups in total. The molecule has 2 saturated carbocycles. The fraction of sp³-hybridized carbons (Fsp3) is 0.529. The minimum atomic E-state index is -3.32. The molecule has 0 amide bonds. The van der Waals surface area contributed by atoms with Crippen LogP contribution in [0.3, 0.4) is 0 Å². The fourth-order valence-electron chi connectivity index (χ4n) is 4.13. The lowest BCUT2D eigenvalue weighted by Gasteiger charge is -2.20. The highest BCUT2D eigenvalue weighted by molar-refractivity contribution is 14.1. The lowest BCUT2D eigenvalue weighted by molar-refractivity contribution is 0.133. The Morgan fingerprint density at radius 1 is 1.32 bits per heavy atom. The molecule has 5 rings (SSSR count). The largest absolute Gasteiger partial charge is 0.346 e. The molecule has 2 aliphatic carbocycles. The maximum Gasteiger partial charge on any atom is 0.295 e. The van der Waals surface area contributed by atoms with Gasteiger partial charge in [-0.1, -0.05) is 22.6 Å². The number of rotatable bonds is 5. The summed E-state index contributed by atoms with van der Waals surface area (Å²) in [5, 5.41) is 0.443. The first-order chi connectivity index (χ1) is 13.3. The predicted octanol–water partition coefficient (Wildman–Crippen LogP) is 3.44. The zero-order valence-corrected chi connectivity index (χ0v) is 17.6. The van der Waals surface area contributed by atoms with Crippen molar-refractivity contribution in [3.8, 4) is 0 Å². The molecule has 150 valence electrons. The number of sulfonamides is 1. The van der Waals surface area contributed by atoms with Crippen LogP contribution in [0.5, 0.6) is 0 Å². The molecule has 0 bridgehead atoms. The Kier molecular flexibility index (Phi) is 4.40. The highest BCUT2D eigenvalue weighted by Crippen LogP contribution is 2.42. The second kappa shape index (κ2) is 6.59. The van der Waals surface area contributed by atoms with Crippen LogP contribution in [0, 0.1) is 0 Å². The van der Waals surface area contributed by atoms with Crippen molar-refractivity contribution in [2.24, 2.45) is 0 Å². The maximum atomic E-state index is 13.8. The Morgan fingerprint density at radius 3 is 2.82 bits per heavy atom. The highest BCUT2D eigenvalue weighted by atomic mass is 127. The lowest BCUT2D eigenvalue weighted by Crippen LogP contribution is -2.35. The first-order valence-electron chi connectivity index (χ1n) is 9.12. The molecule has 0 aliphatic heterocycles. The minimum Gasteiger partial charge on any atom is -0.346 e. The van der Waals surface area contributed by atoms with E-state index < -0.39 is 16.4 Å². The normalized spacial score (nSPS) is 26.1. The van der Waals surface area contributed by atoms with E-state index >= 15 is 0 Å². The van der Waals surface area contributed by atoms with Crippen LogP contribution < -0.4 is 4.72 Å². The summed E-state index contributed by atoms with van der Waals surface area (Å²) in [6.45, 7) is 0. The zero-order chi connectivity index (χ0) is 19.6. The molecule has 2 fully saturated rings. The van der Waals surface area contributed by atoms with Crippen LogP contribution in [0.4, 0.5) is 8.78 Å². The van der Waals surface area contributed by atoms with Crippen LogP contribution in [-0.2, 0) is 10.0 Å². The molecular formula is C17H18F2IN5O2S. The van der Waals surface area contributed by atoms with Gasteiger partial charge in [0.05, 0.1) is 17.0 Å². The maximum absolute atomic E-state index is 13.8. The molecule has 28 heavy (non-hydrogen) atoms. The van der Waals surface area contributed by atoms with Gasteiger partial charge in [-0.15, -0.1) is 0 Å². The van der Waals surface area contributed by atoms with Crippen LogP contribution >= 0.6 is 22.6 Å². The zero-order valence-electron chi connectivity index (χ0n) is 14.6. The first-order valence-corrected chi connectivity index (χ1v) is 11.9. The van der Waals surface area contributed by atoms with Crippen molar-refractivity contribution in [1.82, 2.24) is 24.2 Å². The van der Waals surface area contributed by atoms with Crippen molar-refractivity contribution in [3.05, 3.63) is 24.3 Å². The second-order valence-electron chi connectivity index (χ2n) is 7.49. The molecule has 3 heterocycles. The molecule has 3 aromatic heterocycles. The van der Waals surface area contributed by atoms with E-state index in [4.69, 9.17) is 0 Å². The third kappa shape index (κ3) is 3.02. The number of hydrogen-bond donors (Lipinski definition) is 2. The number of imidazole rings is 1. The first kappa shape index (κ1) is 18.7. The summed E-state index contributed by atoms with van der Waals surface area (Å²) in [6.07, 6.45) is 2.94. The van der Waals surface area contributed by atoms with Gasteiger partial charge in [0.15, 0.2) is 5.82 Å². The number of nitrogens with zero attached hydrogens (tertiary/aromatic N) is 3. The van der Waals surface area contributed by atoms with Gasteiger partial charge in [-0.2, -0.15) is 0 Å². The molecule has 2 aliphatic rings. The van der Waals surface area contributed by atoms with E-state index in [9.17, 15) is 17.2 Å². The number of hydrogen-bond acceptors (Lipinski definition) is 4. The molecule has 0 aromatic carbocycles. The highest BCUT2D eigenvalue weighted by Gasteiger charge is 2.42. The van der Waals surface area contributed by atoms with E-state index in [2.05, 4.69) is 42.3 Å². The molecular weight excluding hydrogens is 503 g/mol. The van der Waals surface area contributed by atoms with Gasteiger partial charge in [-0.05, 0) is 31.7 Å². The number of halogens is 3. The Labute approximate surface area is 173 Å². The van der Waals surface area contributed by atoms with Crippen molar-refractivity contribution in [2.45, 2.75) is 53.4 Å². The van der Waals surface area contributed by atoms with E-state index in [1.807, 2.05) is 6.07 Å². The molecule has 0 saturated heterocycles. The molecule has 3 atom stereocenters. The number of pyridine rings is 1. The number of aromatic amines is 1. The molecule has 11 heteroatoms. The smallest absolute Gasteiger partial charge is 0.295 e. The summed E-state index contributed by atoms with van der Waals surface area (Å²) >= 11 is 2.24. The summed E-state index contributed by atoms with van der Waals surface area (Å²) in [4.78, 5) is 11.4. The SMILES string of the molecule is O=S(=O)(NC1C[C@@H](I)[C@@H](n2c(C(F)F)nc3cnc4[nH]ccc4c32)C1)C1CC1. The number of H-pyrrole nitrogens is 1. The Morgan fingerprint density at radius 2 is 2.11 bits per heavy atom. The topological polar surface area (TPSA) is 92.7 Å². The van der Waals surface area contributed by atoms with Crippen molar-refractivity contribution in [1.29, 1.82) is 0 Å².